The van der Waals surface area contributed by atoms with Crippen LogP contribution in [-0.2, 0) is 47.4 Å². The van der Waals surface area contributed by atoms with Crippen molar-refractivity contribution < 1.29 is 57.0 Å². The molecule has 1 rings (SSSR count). The van der Waals surface area contributed by atoms with Gasteiger partial charge in [-0.3, -0.25) is 0 Å². The molecule has 1 aromatic rings. The van der Waals surface area contributed by atoms with Crippen molar-refractivity contribution >= 4 is 11.9 Å². The van der Waals surface area contributed by atoms with E-state index in [0.29, 0.717) is 39.6 Å². The number of rotatable bonds is 44. The Labute approximate surface area is 364 Å². The fraction of sp³-hybridized carbons (Fsp3) is 0.833. The van der Waals surface area contributed by atoms with Crippen LogP contribution in [0.4, 0.5) is 0 Å². The predicted octanol–water partition coefficient (Wildman–Crippen LogP) is 11.4. The maximum atomic E-state index is 13.5. The third kappa shape index (κ3) is 30.0. The summed E-state index contributed by atoms with van der Waals surface area (Å²) < 4.78 is 59.3. The first-order valence-electron chi connectivity index (χ1n) is 23.8. The highest BCUT2D eigenvalue weighted by atomic mass is 16.8. The van der Waals surface area contributed by atoms with Crippen molar-refractivity contribution in [1.29, 1.82) is 0 Å². The SMILES string of the molecule is CCCCCCCOCC(OCCCCCCC)OC(COC(=O)c1ccccc1C(=O)OCC(OCC)OC(COCCCCCCC)OCCCCCCC)OCC. The Morgan fingerprint density at radius 2 is 0.717 bits per heavy atom. The van der Waals surface area contributed by atoms with Crippen LogP contribution in [0, 0.1) is 0 Å². The van der Waals surface area contributed by atoms with E-state index in [1.165, 1.54) is 76.3 Å². The molecule has 12 heteroatoms. The summed E-state index contributed by atoms with van der Waals surface area (Å²) in [6.45, 7) is 15.4. The van der Waals surface area contributed by atoms with E-state index < -0.39 is 37.1 Å². The van der Waals surface area contributed by atoms with Gasteiger partial charge in [0.05, 0.1) is 24.3 Å². The number of benzene rings is 1. The van der Waals surface area contributed by atoms with Gasteiger partial charge in [-0.1, -0.05) is 143 Å². The van der Waals surface area contributed by atoms with Gasteiger partial charge in [0.25, 0.3) is 0 Å². The number of carbonyl (C=O) groups excluding carboxylic acids is 2. The van der Waals surface area contributed by atoms with E-state index in [1.807, 2.05) is 13.8 Å². The zero-order valence-electron chi connectivity index (χ0n) is 38.7. The summed E-state index contributed by atoms with van der Waals surface area (Å²) in [7, 11) is 0. The van der Waals surface area contributed by atoms with Crippen LogP contribution in [0.15, 0.2) is 24.3 Å². The van der Waals surface area contributed by atoms with Crippen molar-refractivity contribution in [1.82, 2.24) is 0 Å². The number of carbonyl (C=O) groups is 2. The molecule has 0 spiro atoms. The molecule has 0 bridgehead atoms. The lowest BCUT2D eigenvalue weighted by molar-refractivity contribution is -0.266. The second-order valence-electron chi connectivity index (χ2n) is 15.2. The molecule has 0 aliphatic heterocycles. The molecule has 60 heavy (non-hydrogen) atoms. The second-order valence-corrected chi connectivity index (χ2v) is 15.2. The van der Waals surface area contributed by atoms with Gasteiger partial charge in [0.2, 0.25) is 0 Å². The third-order valence-corrected chi connectivity index (χ3v) is 9.78. The molecule has 350 valence electrons. The second kappa shape index (κ2) is 40.9. The van der Waals surface area contributed by atoms with Crippen molar-refractivity contribution in [2.75, 3.05) is 66.1 Å². The van der Waals surface area contributed by atoms with Gasteiger partial charge in [-0.05, 0) is 51.7 Å². The highest BCUT2D eigenvalue weighted by Gasteiger charge is 2.25. The van der Waals surface area contributed by atoms with Crippen LogP contribution >= 0.6 is 0 Å². The Kier molecular flexibility index (Phi) is 38.1. The smallest absolute Gasteiger partial charge is 0.339 e. The molecule has 0 aliphatic carbocycles. The number of ether oxygens (including phenoxy) is 10. The van der Waals surface area contributed by atoms with Gasteiger partial charge in [0.15, 0.2) is 25.2 Å². The van der Waals surface area contributed by atoms with Gasteiger partial charge in [-0.25, -0.2) is 9.59 Å². The van der Waals surface area contributed by atoms with E-state index in [-0.39, 0.29) is 37.6 Å². The summed E-state index contributed by atoms with van der Waals surface area (Å²) in [4.78, 5) is 26.9. The maximum absolute atomic E-state index is 13.5. The molecule has 0 radical (unpaired) electrons. The van der Waals surface area contributed by atoms with Crippen LogP contribution < -0.4 is 0 Å². The van der Waals surface area contributed by atoms with Gasteiger partial charge in [0.1, 0.15) is 13.2 Å². The van der Waals surface area contributed by atoms with Crippen LogP contribution in [0.3, 0.4) is 0 Å². The maximum Gasteiger partial charge on any atom is 0.339 e. The van der Waals surface area contributed by atoms with Crippen LogP contribution in [0.25, 0.3) is 0 Å². The molecule has 0 saturated heterocycles. The first-order chi connectivity index (χ1) is 29.4. The van der Waals surface area contributed by atoms with E-state index in [9.17, 15) is 9.59 Å². The lowest BCUT2D eigenvalue weighted by Crippen LogP contribution is -2.35. The van der Waals surface area contributed by atoms with Gasteiger partial charge in [0, 0.05) is 39.6 Å². The highest BCUT2D eigenvalue weighted by Crippen LogP contribution is 2.16. The van der Waals surface area contributed by atoms with E-state index in [2.05, 4.69) is 27.7 Å². The van der Waals surface area contributed by atoms with Crippen LogP contribution in [-0.4, -0.2) is 103 Å². The minimum absolute atomic E-state index is 0.0505. The van der Waals surface area contributed by atoms with Crippen molar-refractivity contribution in [3.63, 3.8) is 0 Å². The predicted molar refractivity (Wildman–Crippen MR) is 236 cm³/mol. The fourth-order valence-corrected chi connectivity index (χ4v) is 6.31. The van der Waals surface area contributed by atoms with Crippen LogP contribution in [0.1, 0.15) is 191 Å². The van der Waals surface area contributed by atoms with E-state index in [0.717, 1.165) is 64.2 Å². The molecule has 0 fully saturated rings. The van der Waals surface area contributed by atoms with E-state index >= 15 is 0 Å². The number of unbranched alkanes of at least 4 members (excludes halogenated alkanes) is 16. The Morgan fingerprint density at radius 3 is 1.05 bits per heavy atom. The molecule has 0 aromatic heterocycles. The molecule has 0 saturated carbocycles. The monoisotopic (exact) mass is 855 g/mol. The summed E-state index contributed by atoms with van der Waals surface area (Å²) in [5, 5.41) is 0. The Balaban J connectivity index is 2.87. The lowest BCUT2D eigenvalue weighted by Gasteiger charge is -2.25. The van der Waals surface area contributed by atoms with Gasteiger partial charge < -0.3 is 47.4 Å². The topological polar surface area (TPSA) is 126 Å². The molecular formula is C48H86O12. The molecule has 1 aromatic carbocycles. The van der Waals surface area contributed by atoms with E-state index in [4.69, 9.17) is 47.4 Å². The average Bonchev–Trinajstić information content (AvgIpc) is 3.25. The minimum Gasteiger partial charge on any atom is -0.457 e. The van der Waals surface area contributed by atoms with Gasteiger partial charge in [-0.2, -0.15) is 0 Å². The zero-order valence-corrected chi connectivity index (χ0v) is 38.7. The first-order valence-corrected chi connectivity index (χ1v) is 23.8. The quantitative estimate of drug-likeness (QED) is 0.0352. The Hall–Kier alpha value is -2.16. The summed E-state index contributed by atoms with van der Waals surface area (Å²) in [6.07, 6.45) is 19.3. The van der Waals surface area contributed by atoms with Crippen molar-refractivity contribution in [2.24, 2.45) is 0 Å². The molecule has 0 heterocycles. The zero-order chi connectivity index (χ0) is 43.7. The van der Waals surface area contributed by atoms with Crippen LogP contribution in [0.2, 0.25) is 0 Å². The van der Waals surface area contributed by atoms with Crippen molar-refractivity contribution in [3.8, 4) is 0 Å². The number of hydrogen-bond donors (Lipinski definition) is 0. The molecule has 12 nitrogen and oxygen atoms in total. The Morgan fingerprint density at radius 1 is 0.400 bits per heavy atom. The summed E-state index contributed by atoms with van der Waals surface area (Å²) in [6, 6.07) is 6.37. The Bertz CT molecular complexity index is 1040. The normalized spacial score (nSPS) is 13.6. The van der Waals surface area contributed by atoms with Crippen LogP contribution in [0.5, 0.6) is 0 Å². The molecule has 4 unspecified atom stereocenters. The summed E-state index contributed by atoms with van der Waals surface area (Å²) in [5.74, 6) is -1.44. The van der Waals surface area contributed by atoms with Gasteiger partial charge >= 0.3 is 11.9 Å². The van der Waals surface area contributed by atoms with E-state index in [1.54, 1.807) is 12.1 Å². The molecule has 0 amide bonds. The first kappa shape index (κ1) is 55.9. The average molecular weight is 855 g/mol. The van der Waals surface area contributed by atoms with Crippen molar-refractivity contribution in [3.05, 3.63) is 35.4 Å². The number of hydrogen-bond acceptors (Lipinski definition) is 12. The standard InChI is InChI=1S/C48H86O12/c1-7-13-17-21-27-33-51-37-43(55-35-29-23-19-15-9-3)59-45(53-11-5)39-57-47(49)41-31-25-26-32-42(41)48(50)58-40-46(54-12-6)60-44(56-36-30-24-20-16-10-4)38-52-34-28-22-18-14-8-2/h25-26,31-32,43-46H,7-24,27-30,33-40H2,1-6H3. The molecule has 4 atom stereocenters. The fourth-order valence-electron chi connectivity index (χ4n) is 6.31. The molecule has 0 aliphatic rings. The highest BCUT2D eigenvalue weighted by molar-refractivity contribution is 6.03. The number of esters is 2. The summed E-state index contributed by atoms with van der Waals surface area (Å²) >= 11 is 0. The molecular weight excluding hydrogens is 769 g/mol. The lowest BCUT2D eigenvalue weighted by atomic mass is 10.1. The van der Waals surface area contributed by atoms with Gasteiger partial charge in [-0.15, -0.1) is 0 Å². The largest absolute Gasteiger partial charge is 0.457 e. The minimum atomic E-state index is -0.906. The van der Waals surface area contributed by atoms with Crippen molar-refractivity contribution in [2.45, 2.75) is 195 Å². The third-order valence-electron chi connectivity index (χ3n) is 9.78. The molecule has 0 N–H and O–H groups in total. The summed E-state index contributed by atoms with van der Waals surface area (Å²) in [5.41, 5.74) is 0.101.